The van der Waals surface area contributed by atoms with Crippen LogP contribution in [0.25, 0.3) is 0 Å². The van der Waals surface area contributed by atoms with E-state index in [1.807, 2.05) is 13.0 Å². The normalized spacial score (nSPS) is 19.5. The van der Waals surface area contributed by atoms with Crippen molar-refractivity contribution in [1.29, 1.82) is 0 Å². The summed E-state index contributed by atoms with van der Waals surface area (Å²) in [6.45, 7) is 5.26. The van der Waals surface area contributed by atoms with Crippen molar-refractivity contribution >= 4 is 11.6 Å². The second-order valence-electron chi connectivity index (χ2n) is 5.83. The fourth-order valence-corrected chi connectivity index (χ4v) is 2.65. The molecule has 18 heavy (non-hydrogen) atoms. The van der Waals surface area contributed by atoms with Crippen molar-refractivity contribution in [2.75, 3.05) is 13.1 Å². The first-order valence-corrected chi connectivity index (χ1v) is 7.29. The third kappa shape index (κ3) is 3.66. The lowest BCUT2D eigenvalue weighted by Gasteiger charge is -2.21. The van der Waals surface area contributed by atoms with Gasteiger partial charge in [0, 0.05) is 18.8 Å². The average molecular weight is 266 g/mol. The third-order valence-corrected chi connectivity index (χ3v) is 3.85. The Hall–Kier alpha value is -0.670. The Morgan fingerprint density at radius 2 is 1.78 bits per heavy atom. The van der Waals surface area contributed by atoms with Crippen LogP contribution >= 0.6 is 11.6 Å². The number of aryl methyl sites for hydroxylation is 1. The Kier molecular flexibility index (Phi) is 3.53. The lowest BCUT2D eigenvalue weighted by atomic mass is 10.3. The van der Waals surface area contributed by atoms with Gasteiger partial charge in [-0.15, -0.1) is 0 Å². The molecule has 3 nitrogen and oxygen atoms in total. The molecule has 0 aliphatic heterocycles. The molecule has 4 heteroatoms. The van der Waals surface area contributed by atoms with Gasteiger partial charge in [-0.1, -0.05) is 11.6 Å². The summed E-state index contributed by atoms with van der Waals surface area (Å²) in [5, 5.41) is 0.565. The molecule has 0 saturated heterocycles. The largest absolute Gasteiger partial charge is 0.295 e. The van der Waals surface area contributed by atoms with Crippen LogP contribution in [0.4, 0.5) is 0 Å². The molecule has 0 unspecified atom stereocenters. The minimum Gasteiger partial charge on any atom is -0.295 e. The van der Waals surface area contributed by atoms with Gasteiger partial charge in [-0.25, -0.2) is 9.97 Å². The van der Waals surface area contributed by atoms with Gasteiger partial charge in [-0.05, 0) is 50.5 Å². The molecule has 0 radical (unpaired) electrons. The molecule has 1 heterocycles. The minimum atomic E-state index is 0.565. The van der Waals surface area contributed by atoms with Gasteiger partial charge >= 0.3 is 0 Å². The van der Waals surface area contributed by atoms with Gasteiger partial charge in [-0.2, -0.15) is 0 Å². The summed E-state index contributed by atoms with van der Waals surface area (Å²) in [7, 11) is 0. The van der Waals surface area contributed by atoms with Crippen molar-refractivity contribution in [2.45, 2.75) is 39.2 Å². The summed E-state index contributed by atoms with van der Waals surface area (Å²) >= 11 is 6.00. The van der Waals surface area contributed by atoms with E-state index in [4.69, 9.17) is 11.6 Å². The standard InChI is InChI=1S/C14H20ClN3/c1-10-6-13(15)17-14(16-10)9-18(7-11-2-3-11)8-12-4-5-12/h6,11-12H,2-5,7-9H2,1H3. The van der Waals surface area contributed by atoms with E-state index in [9.17, 15) is 0 Å². The van der Waals surface area contributed by atoms with E-state index in [1.165, 1.54) is 38.8 Å². The molecule has 0 bridgehead atoms. The second-order valence-corrected chi connectivity index (χ2v) is 6.22. The molecule has 2 aliphatic carbocycles. The molecule has 0 amide bonds. The minimum absolute atomic E-state index is 0.565. The Bertz CT molecular complexity index is 393. The highest BCUT2D eigenvalue weighted by Gasteiger charge is 2.29. The molecule has 2 aliphatic rings. The zero-order valence-electron chi connectivity index (χ0n) is 10.9. The number of rotatable bonds is 6. The van der Waals surface area contributed by atoms with E-state index in [0.29, 0.717) is 5.15 Å². The number of aromatic nitrogens is 2. The monoisotopic (exact) mass is 265 g/mol. The summed E-state index contributed by atoms with van der Waals surface area (Å²) in [4.78, 5) is 11.4. The highest BCUT2D eigenvalue weighted by Crippen LogP contribution is 2.34. The number of halogens is 1. The maximum Gasteiger partial charge on any atom is 0.144 e. The third-order valence-electron chi connectivity index (χ3n) is 3.66. The van der Waals surface area contributed by atoms with Crippen LogP contribution in [0.1, 0.15) is 37.2 Å². The van der Waals surface area contributed by atoms with Crippen molar-refractivity contribution in [2.24, 2.45) is 11.8 Å². The first-order chi connectivity index (χ1) is 8.69. The lowest BCUT2D eigenvalue weighted by Crippen LogP contribution is -2.28. The van der Waals surface area contributed by atoms with Gasteiger partial charge in [-0.3, -0.25) is 4.90 Å². The van der Waals surface area contributed by atoms with Gasteiger partial charge in [0.1, 0.15) is 11.0 Å². The molecular formula is C14H20ClN3. The number of nitrogens with zero attached hydrogens (tertiary/aromatic N) is 3. The zero-order chi connectivity index (χ0) is 12.5. The summed E-state index contributed by atoms with van der Waals surface area (Å²) in [6, 6.07) is 1.82. The summed E-state index contributed by atoms with van der Waals surface area (Å²) in [6.07, 6.45) is 5.60. The Morgan fingerprint density at radius 3 is 2.28 bits per heavy atom. The fraction of sp³-hybridized carbons (Fsp3) is 0.714. The fourth-order valence-electron chi connectivity index (χ4n) is 2.39. The predicted molar refractivity (Wildman–Crippen MR) is 72.5 cm³/mol. The van der Waals surface area contributed by atoms with E-state index in [0.717, 1.165) is 29.9 Å². The molecule has 2 saturated carbocycles. The van der Waals surface area contributed by atoms with Crippen molar-refractivity contribution in [3.63, 3.8) is 0 Å². The van der Waals surface area contributed by atoms with Crippen LogP contribution in [0.2, 0.25) is 5.15 Å². The maximum absolute atomic E-state index is 6.00. The van der Waals surface area contributed by atoms with Crippen LogP contribution < -0.4 is 0 Å². The van der Waals surface area contributed by atoms with E-state index in [-0.39, 0.29) is 0 Å². The molecule has 3 rings (SSSR count). The molecule has 0 N–H and O–H groups in total. The molecule has 2 fully saturated rings. The first kappa shape index (κ1) is 12.4. The highest BCUT2D eigenvalue weighted by atomic mass is 35.5. The molecule has 98 valence electrons. The predicted octanol–water partition coefficient (Wildman–Crippen LogP) is 3.06. The van der Waals surface area contributed by atoms with Gasteiger partial charge in [0.15, 0.2) is 0 Å². The second kappa shape index (κ2) is 5.14. The van der Waals surface area contributed by atoms with Crippen molar-refractivity contribution in [1.82, 2.24) is 14.9 Å². The van der Waals surface area contributed by atoms with Crippen LogP contribution in [0, 0.1) is 18.8 Å². The van der Waals surface area contributed by atoms with Crippen LogP contribution in [0.3, 0.4) is 0 Å². The van der Waals surface area contributed by atoms with Crippen LogP contribution in [0.15, 0.2) is 6.07 Å². The lowest BCUT2D eigenvalue weighted by molar-refractivity contribution is 0.238. The molecule has 0 spiro atoms. The average Bonchev–Trinajstić information content (AvgIpc) is 3.11. The quantitative estimate of drug-likeness (QED) is 0.741. The SMILES string of the molecule is Cc1cc(Cl)nc(CN(CC2CC2)CC2CC2)n1. The molecule has 1 aromatic rings. The van der Waals surface area contributed by atoms with Crippen molar-refractivity contribution < 1.29 is 0 Å². The summed E-state index contributed by atoms with van der Waals surface area (Å²) in [5.41, 5.74) is 0.961. The number of hydrogen-bond donors (Lipinski definition) is 0. The van der Waals surface area contributed by atoms with Crippen molar-refractivity contribution in [3.8, 4) is 0 Å². The summed E-state index contributed by atoms with van der Waals surface area (Å²) < 4.78 is 0. The van der Waals surface area contributed by atoms with E-state index in [2.05, 4.69) is 14.9 Å². The zero-order valence-corrected chi connectivity index (χ0v) is 11.7. The van der Waals surface area contributed by atoms with Crippen LogP contribution in [-0.4, -0.2) is 28.0 Å². The van der Waals surface area contributed by atoms with Gasteiger partial charge < -0.3 is 0 Å². The van der Waals surface area contributed by atoms with E-state index >= 15 is 0 Å². The Labute approximate surface area is 114 Å². The van der Waals surface area contributed by atoms with Crippen LogP contribution in [0.5, 0.6) is 0 Å². The maximum atomic E-state index is 6.00. The smallest absolute Gasteiger partial charge is 0.144 e. The Morgan fingerprint density at radius 1 is 1.17 bits per heavy atom. The molecular weight excluding hydrogens is 246 g/mol. The summed E-state index contributed by atoms with van der Waals surface area (Å²) in [5.74, 6) is 2.72. The highest BCUT2D eigenvalue weighted by molar-refractivity contribution is 6.29. The van der Waals surface area contributed by atoms with Gasteiger partial charge in [0.05, 0.1) is 6.54 Å². The van der Waals surface area contributed by atoms with E-state index < -0.39 is 0 Å². The molecule has 0 aromatic carbocycles. The van der Waals surface area contributed by atoms with E-state index in [1.54, 1.807) is 0 Å². The molecule has 0 atom stereocenters. The Balaban J connectivity index is 1.65. The van der Waals surface area contributed by atoms with Crippen LogP contribution in [-0.2, 0) is 6.54 Å². The number of hydrogen-bond acceptors (Lipinski definition) is 3. The van der Waals surface area contributed by atoms with Gasteiger partial charge in [0.2, 0.25) is 0 Å². The molecule has 1 aromatic heterocycles. The first-order valence-electron chi connectivity index (χ1n) is 6.91. The topological polar surface area (TPSA) is 29.0 Å². The van der Waals surface area contributed by atoms with Gasteiger partial charge in [0.25, 0.3) is 0 Å². The van der Waals surface area contributed by atoms with Crippen molar-refractivity contribution in [3.05, 3.63) is 22.7 Å².